The zero-order valence-corrected chi connectivity index (χ0v) is 12.1. The molecule has 0 aromatic heterocycles. The standard InChI is InChI=1S/C14H14F2N2O2S/c1-18(9-10-4-2-3-5-13(10)17)21(19,20)14-8-11(15)6-7-12(14)16/h2-8H,9,17H2,1H3. The number of benzene rings is 2. The normalized spacial score (nSPS) is 11.8. The number of nitrogen functional groups attached to an aromatic ring is 1. The minimum Gasteiger partial charge on any atom is -0.398 e. The third-order valence-electron chi connectivity index (χ3n) is 3.03. The number of hydrogen-bond donors (Lipinski definition) is 1. The van der Waals surface area contributed by atoms with Crippen LogP contribution in [-0.2, 0) is 16.6 Å². The fourth-order valence-corrected chi connectivity index (χ4v) is 3.07. The molecule has 112 valence electrons. The minimum atomic E-state index is -4.14. The van der Waals surface area contributed by atoms with Crippen LogP contribution in [0.4, 0.5) is 14.5 Å². The Morgan fingerprint density at radius 1 is 1.14 bits per heavy atom. The van der Waals surface area contributed by atoms with Gasteiger partial charge in [-0.3, -0.25) is 0 Å². The molecule has 0 saturated heterocycles. The topological polar surface area (TPSA) is 63.4 Å². The van der Waals surface area contributed by atoms with Crippen LogP contribution >= 0.6 is 0 Å². The summed E-state index contributed by atoms with van der Waals surface area (Å²) in [5, 5.41) is 0. The van der Waals surface area contributed by atoms with Crippen molar-refractivity contribution in [3.63, 3.8) is 0 Å². The number of hydrogen-bond acceptors (Lipinski definition) is 3. The first kappa shape index (κ1) is 15.4. The number of rotatable bonds is 4. The molecule has 2 aromatic rings. The lowest BCUT2D eigenvalue weighted by Crippen LogP contribution is -2.27. The zero-order valence-electron chi connectivity index (χ0n) is 11.3. The maximum absolute atomic E-state index is 13.6. The van der Waals surface area contributed by atoms with Crippen molar-refractivity contribution in [2.75, 3.05) is 12.8 Å². The predicted octanol–water partition coefficient (Wildman–Crippen LogP) is 2.37. The average molecular weight is 312 g/mol. The lowest BCUT2D eigenvalue weighted by atomic mass is 10.2. The molecule has 0 radical (unpaired) electrons. The van der Waals surface area contributed by atoms with Crippen LogP contribution in [0, 0.1) is 11.6 Å². The Hall–Kier alpha value is -1.99. The van der Waals surface area contributed by atoms with E-state index in [1.807, 2.05) is 0 Å². The Kier molecular flexibility index (Phi) is 4.24. The molecule has 4 nitrogen and oxygen atoms in total. The van der Waals surface area contributed by atoms with Crippen molar-refractivity contribution in [2.24, 2.45) is 0 Å². The molecular weight excluding hydrogens is 298 g/mol. The van der Waals surface area contributed by atoms with Gasteiger partial charge in [0, 0.05) is 19.3 Å². The quantitative estimate of drug-likeness (QED) is 0.882. The van der Waals surface area contributed by atoms with E-state index in [0.29, 0.717) is 17.3 Å². The van der Waals surface area contributed by atoms with E-state index in [2.05, 4.69) is 0 Å². The number of halogens is 2. The Morgan fingerprint density at radius 3 is 2.48 bits per heavy atom. The largest absolute Gasteiger partial charge is 0.398 e. The summed E-state index contributed by atoms with van der Waals surface area (Å²) < 4.78 is 52.3. The highest BCUT2D eigenvalue weighted by atomic mass is 32.2. The van der Waals surface area contributed by atoms with Gasteiger partial charge in [-0.2, -0.15) is 4.31 Å². The van der Waals surface area contributed by atoms with Crippen LogP contribution in [0.25, 0.3) is 0 Å². The van der Waals surface area contributed by atoms with Gasteiger partial charge in [-0.1, -0.05) is 18.2 Å². The summed E-state index contributed by atoms with van der Waals surface area (Å²) in [5.41, 5.74) is 6.76. The highest BCUT2D eigenvalue weighted by molar-refractivity contribution is 7.89. The molecule has 0 atom stereocenters. The number of anilines is 1. The smallest absolute Gasteiger partial charge is 0.246 e. The molecule has 0 heterocycles. The maximum Gasteiger partial charge on any atom is 0.246 e. The van der Waals surface area contributed by atoms with Crippen LogP contribution in [0.1, 0.15) is 5.56 Å². The summed E-state index contributed by atoms with van der Waals surface area (Å²) in [6, 6.07) is 9.06. The summed E-state index contributed by atoms with van der Waals surface area (Å²) in [7, 11) is -2.86. The molecular formula is C14H14F2N2O2S. The molecule has 2 N–H and O–H groups in total. The summed E-state index contributed by atoms with van der Waals surface area (Å²) in [6.45, 7) is -0.0367. The minimum absolute atomic E-state index is 0.0367. The first-order valence-corrected chi connectivity index (χ1v) is 7.51. The van der Waals surface area contributed by atoms with Crippen LogP contribution in [0.3, 0.4) is 0 Å². The molecule has 2 aromatic carbocycles. The van der Waals surface area contributed by atoms with Gasteiger partial charge in [-0.15, -0.1) is 0 Å². The zero-order chi connectivity index (χ0) is 15.6. The van der Waals surface area contributed by atoms with E-state index in [1.165, 1.54) is 7.05 Å². The van der Waals surface area contributed by atoms with Crippen molar-refractivity contribution in [3.05, 3.63) is 59.7 Å². The Morgan fingerprint density at radius 2 is 1.81 bits per heavy atom. The molecule has 0 fully saturated rings. The lowest BCUT2D eigenvalue weighted by Gasteiger charge is -2.18. The van der Waals surface area contributed by atoms with Gasteiger partial charge in [0.1, 0.15) is 16.5 Å². The van der Waals surface area contributed by atoms with Crippen LogP contribution < -0.4 is 5.73 Å². The van der Waals surface area contributed by atoms with Gasteiger partial charge in [-0.05, 0) is 29.8 Å². The summed E-state index contributed by atoms with van der Waals surface area (Å²) in [6.07, 6.45) is 0. The van der Waals surface area contributed by atoms with Gasteiger partial charge in [0.2, 0.25) is 10.0 Å². The highest BCUT2D eigenvalue weighted by Crippen LogP contribution is 2.22. The Labute approximate surface area is 121 Å². The molecule has 0 bridgehead atoms. The van der Waals surface area contributed by atoms with E-state index in [4.69, 9.17) is 5.73 Å². The summed E-state index contributed by atoms with van der Waals surface area (Å²) in [4.78, 5) is -0.695. The van der Waals surface area contributed by atoms with E-state index in [0.717, 1.165) is 16.4 Å². The molecule has 7 heteroatoms. The summed E-state index contributed by atoms with van der Waals surface area (Å²) >= 11 is 0. The SMILES string of the molecule is CN(Cc1ccccc1N)S(=O)(=O)c1cc(F)ccc1F. The second kappa shape index (κ2) is 5.79. The number of sulfonamides is 1. The van der Waals surface area contributed by atoms with E-state index in [9.17, 15) is 17.2 Å². The fraction of sp³-hybridized carbons (Fsp3) is 0.143. The summed E-state index contributed by atoms with van der Waals surface area (Å²) in [5.74, 6) is -1.81. The van der Waals surface area contributed by atoms with Gasteiger partial charge >= 0.3 is 0 Å². The van der Waals surface area contributed by atoms with Gasteiger partial charge in [0.05, 0.1) is 0 Å². The third-order valence-corrected chi connectivity index (χ3v) is 4.85. The molecule has 0 aliphatic heterocycles. The van der Waals surface area contributed by atoms with Crippen molar-refractivity contribution < 1.29 is 17.2 Å². The number of nitrogens with two attached hydrogens (primary N) is 1. The first-order valence-electron chi connectivity index (χ1n) is 6.07. The molecule has 0 saturated carbocycles. The monoisotopic (exact) mass is 312 g/mol. The van der Waals surface area contributed by atoms with E-state index >= 15 is 0 Å². The van der Waals surface area contributed by atoms with Crippen molar-refractivity contribution in [1.82, 2.24) is 4.31 Å². The molecule has 21 heavy (non-hydrogen) atoms. The van der Waals surface area contributed by atoms with E-state index < -0.39 is 26.6 Å². The molecule has 0 amide bonds. The second-order valence-electron chi connectivity index (χ2n) is 4.53. The second-order valence-corrected chi connectivity index (χ2v) is 6.55. The number of para-hydroxylation sites is 1. The van der Waals surface area contributed by atoms with Gasteiger partial charge in [0.15, 0.2) is 0 Å². The van der Waals surface area contributed by atoms with Gasteiger partial charge in [-0.25, -0.2) is 17.2 Å². The van der Waals surface area contributed by atoms with Crippen molar-refractivity contribution >= 4 is 15.7 Å². The van der Waals surface area contributed by atoms with Crippen LogP contribution in [-0.4, -0.2) is 19.8 Å². The molecule has 0 aliphatic carbocycles. The van der Waals surface area contributed by atoms with E-state index in [1.54, 1.807) is 24.3 Å². The van der Waals surface area contributed by atoms with Gasteiger partial charge in [0.25, 0.3) is 0 Å². The molecule has 2 rings (SSSR count). The van der Waals surface area contributed by atoms with Crippen molar-refractivity contribution in [2.45, 2.75) is 11.4 Å². The van der Waals surface area contributed by atoms with Crippen LogP contribution in [0.2, 0.25) is 0 Å². The van der Waals surface area contributed by atoms with Crippen LogP contribution in [0.15, 0.2) is 47.4 Å². The van der Waals surface area contributed by atoms with Crippen molar-refractivity contribution in [3.8, 4) is 0 Å². The predicted molar refractivity (Wildman–Crippen MR) is 75.9 cm³/mol. The Bertz CT molecular complexity index is 763. The van der Waals surface area contributed by atoms with E-state index in [-0.39, 0.29) is 6.54 Å². The fourth-order valence-electron chi connectivity index (χ4n) is 1.85. The maximum atomic E-state index is 13.6. The third kappa shape index (κ3) is 3.20. The van der Waals surface area contributed by atoms with Gasteiger partial charge < -0.3 is 5.73 Å². The number of nitrogens with zero attached hydrogens (tertiary/aromatic N) is 1. The molecule has 0 aliphatic rings. The van der Waals surface area contributed by atoms with Crippen LogP contribution in [0.5, 0.6) is 0 Å². The highest BCUT2D eigenvalue weighted by Gasteiger charge is 2.25. The lowest BCUT2D eigenvalue weighted by molar-refractivity contribution is 0.458. The average Bonchev–Trinajstić information content (AvgIpc) is 2.43. The molecule has 0 unspecified atom stereocenters. The molecule has 0 spiro atoms. The first-order chi connectivity index (χ1) is 9.82. The Balaban J connectivity index is 2.35. The van der Waals surface area contributed by atoms with Crippen molar-refractivity contribution in [1.29, 1.82) is 0 Å².